The molecule has 144 valence electrons. The van der Waals surface area contributed by atoms with E-state index in [2.05, 4.69) is 20.3 Å². The largest absolute Gasteiger partial charge is 0.298 e. The third kappa shape index (κ3) is 3.55. The van der Waals surface area contributed by atoms with Gasteiger partial charge in [0.2, 0.25) is 0 Å². The van der Waals surface area contributed by atoms with Gasteiger partial charge in [-0.25, -0.2) is 18.4 Å². The van der Waals surface area contributed by atoms with Gasteiger partial charge in [0.15, 0.2) is 9.84 Å². The van der Waals surface area contributed by atoms with Crippen LogP contribution in [0.3, 0.4) is 0 Å². The van der Waals surface area contributed by atoms with Crippen LogP contribution in [0.5, 0.6) is 0 Å². The van der Waals surface area contributed by atoms with Gasteiger partial charge in [-0.15, -0.1) is 0 Å². The van der Waals surface area contributed by atoms with E-state index >= 15 is 0 Å². The van der Waals surface area contributed by atoms with Crippen molar-refractivity contribution >= 4 is 9.84 Å². The van der Waals surface area contributed by atoms with E-state index < -0.39 is 21.1 Å². The van der Waals surface area contributed by atoms with Crippen LogP contribution in [-0.4, -0.2) is 28.6 Å². The SMILES string of the molecule is Cc1cc(C)nc([C@H]2C[C@H](S(=O)(=O)c3ccccc3)[C@@H](c3ccccn3)N2)n1. The van der Waals surface area contributed by atoms with Crippen LogP contribution in [-0.2, 0) is 9.84 Å². The first-order chi connectivity index (χ1) is 13.4. The van der Waals surface area contributed by atoms with E-state index in [1.807, 2.05) is 44.2 Å². The highest BCUT2D eigenvalue weighted by molar-refractivity contribution is 7.92. The van der Waals surface area contributed by atoms with Gasteiger partial charge in [-0.2, -0.15) is 0 Å². The van der Waals surface area contributed by atoms with Gasteiger partial charge < -0.3 is 0 Å². The summed E-state index contributed by atoms with van der Waals surface area (Å²) in [6, 6.07) is 15.4. The zero-order valence-corrected chi connectivity index (χ0v) is 16.6. The minimum absolute atomic E-state index is 0.255. The number of rotatable bonds is 4. The van der Waals surface area contributed by atoms with Crippen LogP contribution in [0, 0.1) is 13.8 Å². The van der Waals surface area contributed by atoms with E-state index in [4.69, 9.17) is 0 Å². The van der Waals surface area contributed by atoms with E-state index in [9.17, 15) is 8.42 Å². The van der Waals surface area contributed by atoms with E-state index in [1.165, 1.54) is 0 Å². The fourth-order valence-corrected chi connectivity index (χ4v) is 5.68. The zero-order valence-electron chi connectivity index (χ0n) is 15.8. The maximum absolute atomic E-state index is 13.4. The summed E-state index contributed by atoms with van der Waals surface area (Å²) in [6.07, 6.45) is 2.07. The summed E-state index contributed by atoms with van der Waals surface area (Å²) >= 11 is 0. The number of nitrogens with one attached hydrogen (secondary N) is 1. The number of aromatic nitrogens is 3. The first kappa shape index (κ1) is 18.7. The molecule has 7 heteroatoms. The second-order valence-electron chi connectivity index (χ2n) is 7.09. The second-order valence-corrected chi connectivity index (χ2v) is 9.26. The molecule has 6 nitrogen and oxygen atoms in total. The number of benzene rings is 1. The summed E-state index contributed by atoms with van der Waals surface area (Å²) in [5, 5.41) is 2.78. The van der Waals surface area contributed by atoms with Crippen molar-refractivity contribution in [2.45, 2.75) is 42.5 Å². The van der Waals surface area contributed by atoms with Crippen LogP contribution in [0.1, 0.15) is 41.4 Å². The van der Waals surface area contributed by atoms with E-state index in [0.29, 0.717) is 22.8 Å². The Morgan fingerprint density at radius 1 is 0.964 bits per heavy atom. The summed E-state index contributed by atoms with van der Waals surface area (Å²) in [4.78, 5) is 13.8. The molecule has 0 spiro atoms. The van der Waals surface area contributed by atoms with E-state index in [0.717, 1.165) is 11.4 Å². The topological polar surface area (TPSA) is 84.8 Å². The average molecular weight is 395 g/mol. The number of aryl methyl sites for hydroxylation is 2. The summed E-state index contributed by atoms with van der Waals surface area (Å²) < 4.78 is 26.8. The molecule has 1 saturated heterocycles. The minimum Gasteiger partial charge on any atom is -0.298 e. The molecule has 0 amide bonds. The normalized spacial score (nSPS) is 22.3. The molecule has 0 bridgehead atoms. The van der Waals surface area contributed by atoms with Crippen LogP contribution < -0.4 is 5.32 Å². The van der Waals surface area contributed by atoms with Crippen molar-refractivity contribution in [1.29, 1.82) is 0 Å². The lowest BCUT2D eigenvalue weighted by molar-refractivity contribution is 0.533. The quantitative estimate of drug-likeness (QED) is 0.732. The Hall–Kier alpha value is -2.64. The first-order valence-electron chi connectivity index (χ1n) is 9.23. The lowest BCUT2D eigenvalue weighted by atomic mass is 10.1. The molecule has 4 rings (SSSR count). The van der Waals surface area contributed by atoms with Gasteiger partial charge in [-0.3, -0.25) is 10.3 Å². The predicted octanol–water partition coefficient (Wildman–Crippen LogP) is 3.11. The molecule has 1 aliphatic heterocycles. The van der Waals surface area contributed by atoms with E-state index in [1.54, 1.807) is 30.5 Å². The molecular weight excluding hydrogens is 372 g/mol. The Labute approximate surface area is 165 Å². The fraction of sp³-hybridized carbons (Fsp3) is 0.286. The van der Waals surface area contributed by atoms with Gasteiger partial charge in [0.1, 0.15) is 5.82 Å². The maximum atomic E-state index is 13.4. The molecule has 3 aromatic rings. The van der Waals surface area contributed by atoms with E-state index in [-0.39, 0.29) is 6.04 Å². The number of hydrogen-bond acceptors (Lipinski definition) is 6. The Kier molecular flexibility index (Phi) is 4.95. The molecule has 1 N–H and O–H groups in total. The maximum Gasteiger partial charge on any atom is 0.183 e. The average Bonchev–Trinajstić information content (AvgIpc) is 3.15. The highest BCUT2D eigenvalue weighted by atomic mass is 32.2. The molecule has 3 atom stereocenters. The van der Waals surface area contributed by atoms with Crippen molar-refractivity contribution in [2.24, 2.45) is 0 Å². The molecule has 0 radical (unpaired) electrons. The van der Waals surface area contributed by atoms with Gasteiger partial charge in [0.05, 0.1) is 27.9 Å². The highest BCUT2D eigenvalue weighted by Gasteiger charge is 2.45. The summed E-state index contributed by atoms with van der Waals surface area (Å²) in [5.74, 6) is 0.629. The number of hydrogen-bond donors (Lipinski definition) is 1. The summed E-state index contributed by atoms with van der Waals surface area (Å²) in [7, 11) is -3.56. The zero-order chi connectivity index (χ0) is 19.7. The predicted molar refractivity (Wildman–Crippen MR) is 106 cm³/mol. The smallest absolute Gasteiger partial charge is 0.183 e. The highest BCUT2D eigenvalue weighted by Crippen LogP contribution is 2.39. The van der Waals surface area contributed by atoms with Crippen molar-refractivity contribution in [1.82, 2.24) is 20.3 Å². The first-order valence-corrected chi connectivity index (χ1v) is 10.8. The van der Waals surface area contributed by atoms with Gasteiger partial charge in [0, 0.05) is 17.6 Å². The van der Waals surface area contributed by atoms with Gasteiger partial charge >= 0.3 is 0 Å². The number of pyridine rings is 1. The fourth-order valence-electron chi connectivity index (χ4n) is 3.78. The Morgan fingerprint density at radius 3 is 2.29 bits per heavy atom. The van der Waals surface area contributed by atoms with Gasteiger partial charge in [-0.1, -0.05) is 24.3 Å². The minimum atomic E-state index is -3.56. The van der Waals surface area contributed by atoms with Crippen molar-refractivity contribution in [2.75, 3.05) is 0 Å². The van der Waals surface area contributed by atoms with Crippen molar-refractivity contribution in [3.8, 4) is 0 Å². The molecule has 0 aliphatic carbocycles. The van der Waals surface area contributed by atoms with Crippen molar-refractivity contribution < 1.29 is 8.42 Å². The van der Waals surface area contributed by atoms with Crippen LogP contribution in [0.25, 0.3) is 0 Å². The standard InChI is InChI=1S/C21H22N4O2S/c1-14-12-15(2)24-21(23-14)18-13-19(20(25-18)17-10-6-7-11-22-17)28(26,27)16-8-4-3-5-9-16/h3-12,18-20,25H,13H2,1-2H3/t18-,19+,20-/m1/s1. The summed E-state index contributed by atoms with van der Waals surface area (Å²) in [6.45, 7) is 3.84. The van der Waals surface area contributed by atoms with Crippen LogP contribution in [0.4, 0.5) is 0 Å². The van der Waals surface area contributed by atoms with Gasteiger partial charge in [-0.05, 0) is 50.6 Å². The van der Waals surface area contributed by atoms with Crippen molar-refractivity contribution in [3.63, 3.8) is 0 Å². The molecule has 2 aromatic heterocycles. The van der Waals surface area contributed by atoms with Crippen LogP contribution in [0.2, 0.25) is 0 Å². The number of sulfone groups is 1. The molecule has 1 aliphatic rings. The Balaban J connectivity index is 1.76. The molecule has 0 saturated carbocycles. The molecular formula is C21H22N4O2S. The number of nitrogens with zero attached hydrogens (tertiary/aromatic N) is 3. The third-order valence-electron chi connectivity index (χ3n) is 5.01. The van der Waals surface area contributed by atoms with Crippen LogP contribution >= 0.6 is 0 Å². The molecule has 1 fully saturated rings. The van der Waals surface area contributed by atoms with Crippen LogP contribution in [0.15, 0.2) is 65.7 Å². The lowest BCUT2D eigenvalue weighted by Crippen LogP contribution is -2.29. The monoisotopic (exact) mass is 394 g/mol. The third-order valence-corrected chi connectivity index (χ3v) is 7.20. The molecule has 3 heterocycles. The lowest BCUT2D eigenvalue weighted by Gasteiger charge is -2.19. The van der Waals surface area contributed by atoms with Gasteiger partial charge in [0.25, 0.3) is 0 Å². The Bertz CT molecular complexity index is 1050. The molecule has 28 heavy (non-hydrogen) atoms. The van der Waals surface area contributed by atoms with Crippen molar-refractivity contribution in [3.05, 3.63) is 83.7 Å². The second kappa shape index (κ2) is 7.41. The molecule has 1 aromatic carbocycles. The molecule has 0 unspecified atom stereocenters. The summed E-state index contributed by atoms with van der Waals surface area (Å²) in [5.41, 5.74) is 2.44. The Morgan fingerprint density at radius 2 is 1.64 bits per heavy atom.